The summed E-state index contributed by atoms with van der Waals surface area (Å²) in [4.78, 5) is 4.50. The van der Waals surface area contributed by atoms with Crippen LogP contribution in [0.4, 0.5) is 0 Å². The summed E-state index contributed by atoms with van der Waals surface area (Å²) in [5.74, 6) is 2.40. The molecule has 78 valence electrons. The molecule has 0 bridgehead atoms. The molecule has 1 N–H and O–H groups in total. The number of aromatic nitrogens is 5. The molecule has 0 spiro atoms. The molecule has 5 nitrogen and oxygen atoms in total. The molecule has 0 aromatic carbocycles. The van der Waals surface area contributed by atoms with Gasteiger partial charge >= 0.3 is 0 Å². The zero-order valence-corrected chi connectivity index (χ0v) is 8.86. The average Bonchev–Trinajstić information content (AvgIpc) is 2.83. The fourth-order valence-corrected chi connectivity index (χ4v) is 1.75. The van der Waals surface area contributed by atoms with Gasteiger partial charge in [-0.05, 0) is 19.8 Å². The van der Waals surface area contributed by atoms with Crippen LogP contribution in [-0.2, 0) is 7.05 Å². The predicted octanol–water partition coefficient (Wildman–Crippen LogP) is 1.39. The minimum Gasteiger partial charge on any atom is -0.275 e. The Balaban J connectivity index is 2.00. The number of hydrogen-bond donors (Lipinski definition) is 1. The fraction of sp³-hybridized carbons (Fsp3) is 0.500. The van der Waals surface area contributed by atoms with Gasteiger partial charge in [0.2, 0.25) is 0 Å². The predicted molar refractivity (Wildman–Crippen MR) is 55.3 cm³/mol. The zero-order valence-electron chi connectivity index (χ0n) is 8.86. The van der Waals surface area contributed by atoms with Crippen LogP contribution in [0.1, 0.15) is 30.3 Å². The number of rotatable bonds is 2. The molecular formula is C10H13N5. The molecule has 5 heteroatoms. The topological polar surface area (TPSA) is 59.4 Å². The summed E-state index contributed by atoms with van der Waals surface area (Å²) < 4.78 is 1.79. The smallest absolute Gasteiger partial charge is 0.184 e. The standard InChI is InChI=1S/C10H13N5/c1-6-8(5-15(2)14-6)10-11-9(12-13-10)7-3-4-7/h5,7H,3-4H2,1-2H3,(H,11,12,13). The van der Waals surface area contributed by atoms with Gasteiger partial charge in [0.1, 0.15) is 5.82 Å². The van der Waals surface area contributed by atoms with E-state index >= 15 is 0 Å². The first kappa shape index (κ1) is 8.64. The van der Waals surface area contributed by atoms with Gasteiger partial charge in [0, 0.05) is 19.2 Å². The Morgan fingerprint density at radius 3 is 2.87 bits per heavy atom. The number of aryl methyl sites for hydroxylation is 2. The summed E-state index contributed by atoms with van der Waals surface area (Å²) >= 11 is 0. The van der Waals surface area contributed by atoms with Crippen molar-refractivity contribution in [2.24, 2.45) is 7.05 Å². The Bertz CT molecular complexity index is 492. The molecule has 0 atom stereocenters. The van der Waals surface area contributed by atoms with Crippen LogP contribution in [-0.4, -0.2) is 25.0 Å². The highest BCUT2D eigenvalue weighted by molar-refractivity contribution is 5.56. The second-order valence-corrected chi connectivity index (χ2v) is 4.12. The van der Waals surface area contributed by atoms with Gasteiger partial charge < -0.3 is 0 Å². The molecule has 0 saturated heterocycles. The molecule has 0 radical (unpaired) electrons. The van der Waals surface area contributed by atoms with Crippen molar-refractivity contribution >= 4 is 0 Å². The summed E-state index contributed by atoms with van der Waals surface area (Å²) in [7, 11) is 1.91. The van der Waals surface area contributed by atoms with E-state index in [1.54, 1.807) is 4.68 Å². The molecule has 15 heavy (non-hydrogen) atoms. The maximum Gasteiger partial charge on any atom is 0.184 e. The van der Waals surface area contributed by atoms with Crippen LogP contribution in [0, 0.1) is 6.92 Å². The lowest BCUT2D eigenvalue weighted by molar-refractivity contribution is 0.756. The Labute approximate surface area is 87.5 Å². The number of nitrogens with zero attached hydrogens (tertiary/aromatic N) is 4. The quantitative estimate of drug-likeness (QED) is 0.802. The van der Waals surface area contributed by atoms with Crippen LogP contribution in [0.5, 0.6) is 0 Å². The molecular weight excluding hydrogens is 190 g/mol. The van der Waals surface area contributed by atoms with Gasteiger partial charge in [0.05, 0.1) is 11.3 Å². The minimum absolute atomic E-state index is 0.614. The highest BCUT2D eigenvalue weighted by atomic mass is 15.3. The summed E-state index contributed by atoms with van der Waals surface area (Å²) in [5.41, 5.74) is 1.99. The van der Waals surface area contributed by atoms with Crippen molar-refractivity contribution in [3.63, 3.8) is 0 Å². The van der Waals surface area contributed by atoms with Crippen LogP contribution in [0.25, 0.3) is 11.4 Å². The summed E-state index contributed by atoms with van der Waals surface area (Å²) in [6.45, 7) is 1.97. The van der Waals surface area contributed by atoms with E-state index in [2.05, 4.69) is 20.3 Å². The lowest BCUT2D eigenvalue weighted by Crippen LogP contribution is -1.86. The van der Waals surface area contributed by atoms with E-state index in [1.165, 1.54) is 12.8 Å². The molecule has 2 aromatic heterocycles. The molecule has 2 aromatic rings. The van der Waals surface area contributed by atoms with Gasteiger partial charge in [-0.25, -0.2) is 4.98 Å². The molecule has 2 heterocycles. The normalized spacial score (nSPS) is 15.9. The Morgan fingerprint density at radius 1 is 1.47 bits per heavy atom. The Hall–Kier alpha value is -1.65. The van der Waals surface area contributed by atoms with E-state index in [1.807, 2.05) is 20.2 Å². The Morgan fingerprint density at radius 2 is 2.27 bits per heavy atom. The van der Waals surface area contributed by atoms with Gasteiger partial charge in [-0.15, -0.1) is 0 Å². The van der Waals surface area contributed by atoms with Crippen molar-refractivity contribution in [3.05, 3.63) is 17.7 Å². The second kappa shape index (κ2) is 2.92. The van der Waals surface area contributed by atoms with Gasteiger partial charge in [0.25, 0.3) is 0 Å². The third kappa shape index (κ3) is 1.44. The van der Waals surface area contributed by atoms with Crippen molar-refractivity contribution in [2.75, 3.05) is 0 Å². The van der Waals surface area contributed by atoms with Gasteiger partial charge in [0.15, 0.2) is 5.82 Å². The van der Waals surface area contributed by atoms with Crippen molar-refractivity contribution < 1.29 is 0 Å². The third-order valence-corrected chi connectivity index (χ3v) is 2.72. The average molecular weight is 203 g/mol. The van der Waals surface area contributed by atoms with E-state index in [0.717, 1.165) is 22.9 Å². The number of hydrogen-bond acceptors (Lipinski definition) is 3. The van der Waals surface area contributed by atoms with Crippen LogP contribution in [0.2, 0.25) is 0 Å². The highest BCUT2D eigenvalue weighted by Gasteiger charge is 2.27. The second-order valence-electron chi connectivity index (χ2n) is 4.12. The van der Waals surface area contributed by atoms with E-state index in [0.29, 0.717) is 5.92 Å². The van der Waals surface area contributed by atoms with Crippen LogP contribution in [0.3, 0.4) is 0 Å². The molecule has 3 rings (SSSR count). The lowest BCUT2D eigenvalue weighted by atomic mass is 10.2. The molecule has 0 aliphatic heterocycles. The summed E-state index contributed by atoms with van der Waals surface area (Å²) in [5, 5.41) is 11.5. The van der Waals surface area contributed by atoms with Crippen LogP contribution in [0.15, 0.2) is 6.20 Å². The number of nitrogens with one attached hydrogen (secondary N) is 1. The molecule has 1 aliphatic rings. The third-order valence-electron chi connectivity index (χ3n) is 2.72. The lowest BCUT2D eigenvalue weighted by Gasteiger charge is -1.88. The van der Waals surface area contributed by atoms with Crippen molar-refractivity contribution in [3.8, 4) is 11.4 Å². The van der Waals surface area contributed by atoms with Crippen LogP contribution < -0.4 is 0 Å². The summed E-state index contributed by atoms with van der Waals surface area (Å²) in [6, 6.07) is 0. The first-order chi connectivity index (χ1) is 7.24. The van der Waals surface area contributed by atoms with Gasteiger partial charge in [-0.2, -0.15) is 10.2 Å². The van der Waals surface area contributed by atoms with Crippen LogP contribution >= 0.6 is 0 Å². The SMILES string of the molecule is Cc1nn(C)cc1-c1n[nH]c(C2CC2)n1. The monoisotopic (exact) mass is 203 g/mol. The molecule has 0 amide bonds. The van der Waals surface area contributed by atoms with E-state index in [4.69, 9.17) is 0 Å². The van der Waals surface area contributed by atoms with E-state index < -0.39 is 0 Å². The largest absolute Gasteiger partial charge is 0.275 e. The van der Waals surface area contributed by atoms with E-state index in [9.17, 15) is 0 Å². The molecule has 0 unspecified atom stereocenters. The minimum atomic E-state index is 0.614. The van der Waals surface area contributed by atoms with Crippen molar-refractivity contribution in [1.29, 1.82) is 0 Å². The summed E-state index contributed by atoms with van der Waals surface area (Å²) in [6.07, 6.45) is 4.43. The molecule has 1 fully saturated rings. The van der Waals surface area contributed by atoms with Gasteiger partial charge in [-0.1, -0.05) is 0 Å². The zero-order chi connectivity index (χ0) is 10.4. The maximum absolute atomic E-state index is 4.50. The van der Waals surface area contributed by atoms with Crippen molar-refractivity contribution in [2.45, 2.75) is 25.7 Å². The first-order valence-electron chi connectivity index (χ1n) is 5.17. The highest BCUT2D eigenvalue weighted by Crippen LogP contribution is 2.38. The fourth-order valence-electron chi connectivity index (χ4n) is 1.75. The molecule has 1 aliphatic carbocycles. The van der Waals surface area contributed by atoms with E-state index in [-0.39, 0.29) is 0 Å². The first-order valence-corrected chi connectivity index (χ1v) is 5.17. The van der Waals surface area contributed by atoms with Crippen molar-refractivity contribution in [1.82, 2.24) is 25.0 Å². The molecule has 1 saturated carbocycles. The van der Waals surface area contributed by atoms with Gasteiger partial charge in [-0.3, -0.25) is 9.78 Å². The number of aromatic amines is 1. The Kier molecular flexibility index (Phi) is 1.68. The maximum atomic E-state index is 4.50. The number of H-pyrrole nitrogens is 1.